The molecule has 2 aromatic rings. The number of rotatable bonds is 3. The van der Waals surface area contributed by atoms with Gasteiger partial charge in [-0.25, -0.2) is 4.39 Å². The van der Waals surface area contributed by atoms with Gasteiger partial charge in [-0.2, -0.15) is 0 Å². The molecule has 92 valence electrons. The molecule has 0 amide bonds. The summed E-state index contributed by atoms with van der Waals surface area (Å²) in [4.78, 5) is 15.9. The van der Waals surface area contributed by atoms with Crippen LogP contribution in [0.4, 0.5) is 4.39 Å². The lowest BCUT2D eigenvalue weighted by Gasteiger charge is -2.05. The lowest BCUT2D eigenvalue weighted by atomic mass is 10.1. The first-order valence-corrected chi connectivity index (χ1v) is 5.92. The molecule has 5 heteroatoms. The first-order chi connectivity index (χ1) is 8.59. The van der Waals surface area contributed by atoms with Crippen LogP contribution >= 0.6 is 23.2 Å². The van der Waals surface area contributed by atoms with E-state index in [1.165, 1.54) is 24.4 Å². The minimum absolute atomic E-state index is 0.124. The highest BCUT2D eigenvalue weighted by Crippen LogP contribution is 2.22. The molecule has 0 bridgehead atoms. The highest BCUT2D eigenvalue weighted by molar-refractivity contribution is 6.34. The molecule has 0 radical (unpaired) electrons. The Morgan fingerprint density at radius 3 is 2.56 bits per heavy atom. The van der Waals surface area contributed by atoms with Crippen molar-refractivity contribution in [2.24, 2.45) is 0 Å². The van der Waals surface area contributed by atoms with Crippen molar-refractivity contribution < 1.29 is 9.18 Å². The van der Waals surface area contributed by atoms with Gasteiger partial charge in [0.1, 0.15) is 11.5 Å². The summed E-state index contributed by atoms with van der Waals surface area (Å²) < 4.78 is 13.5. The Morgan fingerprint density at radius 2 is 1.89 bits per heavy atom. The number of aromatic nitrogens is 1. The zero-order valence-electron chi connectivity index (χ0n) is 9.16. The van der Waals surface area contributed by atoms with E-state index in [-0.39, 0.29) is 33.5 Å². The molecule has 0 saturated heterocycles. The van der Waals surface area contributed by atoms with Crippen LogP contribution in [-0.2, 0) is 6.42 Å². The number of benzene rings is 1. The van der Waals surface area contributed by atoms with Crippen molar-refractivity contribution in [2.45, 2.75) is 6.42 Å². The lowest BCUT2D eigenvalue weighted by molar-refractivity contribution is 0.0987. The van der Waals surface area contributed by atoms with Crippen molar-refractivity contribution in [1.82, 2.24) is 4.98 Å². The van der Waals surface area contributed by atoms with Gasteiger partial charge in [0, 0.05) is 23.2 Å². The van der Waals surface area contributed by atoms with Crippen LogP contribution in [0.25, 0.3) is 0 Å². The van der Waals surface area contributed by atoms with E-state index in [4.69, 9.17) is 23.2 Å². The fourth-order valence-corrected chi connectivity index (χ4v) is 1.99. The highest BCUT2D eigenvalue weighted by atomic mass is 35.5. The van der Waals surface area contributed by atoms with Gasteiger partial charge in [-0.15, -0.1) is 0 Å². The second-order valence-corrected chi connectivity index (χ2v) is 4.45. The Labute approximate surface area is 113 Å². The Morgan fingerprint density at radius 1 is 1.17 bits per heavy atom. The van der Waals surface area contributed by atoms with Crippen LogP contribution in [0.15, 0.2) is 36.5 Å². The van der Waals surface area contributed by atoms with E-state index in [2.05, 4.69) is 4.98 Å². The van der Waals surface area contributed by atoms with Crippen LogP contribution < -0.4 is 0 Å². The average molecular weight is 284 g/mol. The number of hydrogen-bond acceptors (Lipinski definition) is 2. The maximum Gasteiger partial charge on any atom is 0.187 e. The molecule has 2 rings (SSSR count). The van der Waals surface area contributed by atoms with Gasteiger partial charge in [-0.3, -0.25) is 9.78 Å². The van der Waals surface area contributed by atoms with Gasteiger partial charge in [0.25, 0.3) is 0 Å². The second kappa shape index (κ2) is 5.46. The fraction of sp³-hybridized carbons (Fsp3) is 0.0769. The molecule has 18 heavy (non-hydrogen) atoms. The quantitative estimate of drug-likeness (QED) is 0.799. The van der Waals surface area contributed by atoms with E-state index in [1.807, 2.05) is 0 Å². The predicted molar refractivity (Wildman–Crippen MR) is 68.7 cm³/mol. The minimum Gasteiger partial charge on any atom is -0.292 e. The maximum atomic E-state index is 13.5. The van der Waals surface area contributed by atoms with Crippen molar-refractivity contribution in [3.05, 3.63) is 63.6 Å². The number of nitrogens with zero attached hydrogens (tertiary/aromatic N) is 1. The molecule has 0 aliphatic rings. The smallest absolute Gasteiger partial charge is 0.187 e. The molecule has 1 aromatic heterocycles. The molecule has 0 atom stereocenters. The summed E-state index contributed by atoms with van der Waals surface area (Å²) in [5.41, 5.74) is 0.282. The largest absolute Gasteiger partial charge is 0.292 e. The van der Waals surface area contributed by atoms with E-state index in [0.717, 1.165) is 0 Å². The van der Waals surface area contributed by atoms with Crippen LogP contribution in [0.5, 0.6) is 0 Å². The minimum atomic E-state index is -0.511. The number of Topliss-reactive ketones (excluding diaryl/α,β-unsaturated/α-hetero) is 1. The topological polar surface area (TPSA) is 30.0 Å². The molecule has 1 aromatic carbocycles. The van der Waals surface area contributed by atoms with Gasteiger partial charge < -0.3 is 0 Å². The van der Waals surface area contributed by atoms with E-state index >= 15 is 0 Å². The Kier molecular flexibility index (Phi) is 3.94. The molecule has 0 fully saturated rings. The van der Waals surface area contributed by atoms with Crippen LogP contribution in [0.1, 0.15) is 16.1 Å². The molecule has 0 unspecified atom stereocenters. The average Bonchev–Trinajstić information content (AvgIpc) is 2.34. The van der Waals surface area contributed by atoms with Crippen molar-refractivity contribution in [3.63, 3.8) is 0 Å². The third-order valence-corrected chi connectivity index (χ3v) is 3.08. The zero-order chi connectivity index (χ0) is 13.1. The molecule has 0 aliphatic heterocycles. The number of halogens is 3. The first-order valence-electron chi connectivity index (χ1n) is 5.16. The van der Waals surface area contributed by atoms with Gasteiger partial charge in [0.2, 0.25) is 0 Å². The summed E-state index contributed by atoms with van der Waals surface area (Å²) in [5, 5.41) is 0.463. The van der Waals surface area contributed by atoms with E-state index < -0.39 is 5.82 Å². The summed E-state index contributed by atoms with van der Waals surface area (Å²) in [6, 6.07) is 7.46. The Hall–Kier alpha value is -1.45. The van der Waals surface area contributed by atoms with Crippen molar-refractivity contribution in [1.29, 1.82) is 0 Å². The monoisotopic (exact) mass is 283 g/mol. The highest BCUT2D eigenvalue weighted by Gasteiger charge is 2.16. The number of pyridine rings is 1. The molecule has 1 heterocycles. The van der Waals surface area contributed by atoms with Gasteiger partial charge in [0.05, 0.1) is 5.02 Å². The van der Waals surface area contributed by atoms with Crippen molar-refractivity contribution >= 4 is 29.0 Å². The number of ketones is 1. The van der Waals surface area contributed by atoms with Gasteiger partial charge in [0.15, 0.2) is 5.78 Å². The molecule has 0 aliphatic carbocycles. The standard InChI is InChI=1S/C13H8Cl2FNO/c14-9-3-1-5-11(16)8(9)7-12(18)13-10(15)4-2-6-17-13/h1-6H,7H2. The number of carbonyl (C=O) groups excluding carboxylic acids is 1. The van der Waals surface area contributed by atoms with Gasteiger partial charge >= 0.3 is 0 Å². The molecular weight excluding hydrogens is 276 g/mol. The molecule has 0 N–H and O–H groups in total. The van der Waals surface area contributed by atoms with Gasteiger partial charge in [-0.1, -0.05) is 29.3 Å². The van der Waals surface area contributed by atoms with Crippen LogP contribution in [0.2, 0.25) is 10.0 Å². The summed E-state index contributed by atoms with van der Waals surface area (Å²) in [7, 11) is 0. The third-order valence-electron chi connectivity index (χ3n) is 2.42. The summed E-state index contributed by atoms with van der Waals surface area (Å²) in [6.07, 6.45) is 1.30. The Bertz CT molecular complexity index is 581. The molecule has 0 saturated carbocycles. The SMILES string of the molecule is O=C(Cc1c(F)cccc1Cl)c1ncccc1Cl. The lowest BCUT2D eigenvalue weighted by Crippen LogP contribution is -2.08. The molecule has 2 nitrogen and oxygen atoms in total. The normalized spacial score (nSPS) is 10.4. The molecule has 0 spiro atoms. The van der Waals surface area contributed by atoms with Crippen molar-refractivity contribution in [2.75, 3.05) is 0 Å². The van der Waals surface area contributed by atoms with E-state index in [9.17, 15) is 9.18 Å². The fourth-order valence-electron chi connectivity index (χ4n) is 1.54. The first kappa shape index (κ1) is 13.0. The maximum absolute atomic E-state index is 13.5. The van der Waals surface area contributed by atoms with Crippen molar-refractivity contribution in [3.8, 4) is 0 Å². The van der Waals surface area contributed by atoms with Crippen LogP contribution in [0.3, 0.4) is 0 Å². The molecular formula is C13H8Cl2FNO. The number of carbonyl (C=O) groups is 1. The zero-order valence-corrected chi connectivity index (χ0v) is 10.7. The summed E-state index contributed by atoms with van der Waals surface area (Å²) >= 11 is 11.7. The predicted octanol–water partition coefficient (Wildman–Crippen LogP) is 3.95. The van der Waals surface area contributed by atoms with Crippen LogP contribution in [-0.4, -0.2) is 10.8 Å². The van der Waals surface area contributed by atoms with E-state index in [1.54, 1.807) is 12.1 Å². The third kappa shape index (κ3) is 2.68. The van der Waals surface area contributed by atoms with Crippen LogP contribution in [0, 0.1) is 5.82 Å². The Balaban J connectivity index is 2.30. The summed E-state index contributed by atoms with van der Waals surface area (Å²) in [5.74, 6) is -0.879. The second-order valence-electron chi connectivity index (χ2n) is 3.63. The van der Waals surface area contributed by atoms with Gasteiger partial charge in [-0.05, 0) is 24.3 Å². The number of hydrogen-bond donors (Lipinski definition) is 0. The van der Waals surface area contributed by atoms with E-state index in [0.29, 0.717) is 0 Å². The summed E-state index contributed by atoms with van der Waals surface area (Å²) in [6.45, 7) is 0.